The van der Waals surface area contributed by atoms with Gasteiger partial charge in [0.1, 0.15) is 11.6 Å². The zero-order valence-corrected chi connectivity index (χ0v) is 12.0. The molecule has 0 unspecified atom stereocenters. The molecule has 0 atom stereocenters. The maximum Gasteiger partial charge on any atom is 0.288 e. The molecule has 3 rings (SSSR count). The zero-order chi connectivity index (χ0) is 16.2. The number of amides is 1. The first-order chi connectivity index (χ1) is 11.1. The van der Waals surface area contributed by atoms with Gasteiger partial charge < -0.3 is 10.7 Å². The van der Waals surface area contributed by atoms with Crippen LogP contribution in [-0.4, -0.2) is 10.9 Å². The molecule has 1 aromatic heterocycles. The number of halogens is 1. The number of aromatic amines is 1. The van der Waals surface area contributed by atoms with E-state index in [4.69, 9.17) is 5.73 Å². The highest BCUT2D eigenvalue weighted by atomic mass is 19.1. The summed E-state index contributed by atoms with van der Waals surface area (Å²) in [5.74, 6) is 0.0569. The van der Waals surface area contributed by atoms with Crippen LogP contribution >= 0.6 is 0 Å². The van der Waals surface area contributed by atoms with Crippen molar-refractivity contribution in [2.75, 3.05) is 5.73 Å². The van der Waals surface area contributed by atoms with Crippen molar-refractivity contribution in [2.24, 2.45) is 10.2 Å². The summed E-state index contributed by atoms with van der Waals surface area (Å²) in [5.41, 5.74) is 6.54. The predicted molar refractivity (Wildman–Crippen MR) is 87.7 cm³/mol. The number of azo groups is 1. The molecule has 0 saturated heterocycles. The number of nitrogens with one attached hydrogen (secondary N) is 1. The van der Waals surface area contributed by atoms with Gasteiger partial charge in [-0.15, -0.1) is 10.2 Å². The van der Waals surface area contributed by atoms with Gasteiger partial charge in [-0.3, -0.25) is 4.79 Å². The number of aromatic nitrogens is 1. The molecule has 5 nitrogen and oxygen atoms in total. The molecular formula is C17H13FN4O. The van der Waals surface area contributed by atoms with Gasteiger partial charge in [0, 0.05) is 16.8 Å². The lowest BCUT2D eigenvalue weighted by Crippen LogP contribution is -1.85. The van der Waals surface area contributed by atoms with Gasteiger partial charge in [0.15, 0.2) is 5.82 Å². The van der Waals surface area contributed by atoms with E-state index >= 15 is 0 Å². The highest BCUT2D eigenvalue weighted by Crippen LogP contribution is 2.30. The van der Waals surface area contributed by atoms with Crippen LogP contribution < -0.4 is 5.73 Å². The Morgan fingerprint density at radius 3 is 2.52 bits per heavy atom. The summed E-state index contributed by atoms with van der Waals surface area (Å²) < 4.78 is 12.8. The van der Waals surface area contributed by atoms with Gasteiger partial charge in [0.25, 0.3) is 5.91 Å². The van der Waals surface area contributed by atoms with Crippen LogP contribution in [0.15, 0.2) is 64.8 Å². The summed E-state index contributed by atoms with van der Waals surface area (Å²) in [4.78, 5) is 14.6. The summed E-state index contributed by atoms with van der Waals surface area (Å²) >= 11 is 0. The standard InChI is InChI=1S/C17H13FN4O/c18-12-8-5-11(6-9-12)7-10-15(23)21-22-17-14-4-2-1-3-13(14)16(19)20-17/h1-10,20H,19H2/b10-7+,22-21?. The van der Waals surface area contributed by atoms with E-state index in [9.17, 15) is 9.18 Å². The average molecular weight is 308 g/mol. The van der Waals surface area contributed by atoms with Crippen LogP contribution in [0, 0.1) is 5.82 Å². The van der Waals surface area contributed by atoms with Crippen molar-refractivity contribution in [3.8, 4) is 0 Å². The molecular weight excluding hydrogens is 295 g/mol. The Hall–Kier alpha value is -3.28. The van der Waals surface area contributed by atoms with E-state index in [0.29, 0.717) is 17.2 Å². The molecule has 114 valence electrons. The Labute approximate surface area is 131 Å². The zero-order valence-electron chi connectivity index (χ0n) is 12.0. The largest absolute Gasteiger partial charge is 0.385 e. The fraction of sp³-hybridized carbons (Fsp3) is 0. The number of nitrogen functional groups attached to an aromatic ring is 1. The minimum absolute atomic E-state index is 0.329. The van der Waals surface area contributed by atoms with E-state index < -0.39 is 5.91 Å². The van der Waals surface area contributed by atoms with Crippen LogP contribution in [0.5, 0.6) is 0 Å². The SMILES string of the molecule is Nc1[nH]c(N=NC(=O)/C=C/c2ccc(F)cc2)c2ccccc12. The molecule has 0 aliphatic carbocycles. The average Bonchev–Trinajstić information content (AvgIpc) is 2.89. The molecule has 0 fully saturated rings. The van der Waals surface area contributed by atoms with E-state index in [2.05, 4.69) is 15.2 Å². The van der Waals surface area contributed by atoms with Crippen molar-refractivity contribution < 1.29 is 9.18 Å². The Morgan fingerprint density at radius 2 is 1.78 bits per heavy atom. The molecule has 23 heavy (non-hydrogen) atoms. The molecule has 1 heterocycles. The van der Waals surface area contributed by atoms with Crippen LogP contribution in [0.2, 0.25) is 0 Å². The number of anilines is 1. The predicted octanol–water partition coefficient (Wildman–Crippen LogP) is 4.21. The number of fused-ring (bicyclic) bond motifs is 1. The van der Waals surface area contributed by atoms with Gasteiger partial charge in [0.05, 0.1) is 0 Å². The number of benzene rings is 2. The van der Waals surface area contributed by atoms with E-state index in [0.717, 1.165) is 10.8 Å². The number of nitrogens with two attached hydrogens (primary N) is 1. The molecule has 0 radical (unpaired) electrons. The number of hydrogen-bond donors (Lipinski definition) is 2. The first kappa shape index (κ1) is 14.6. The number of rotatable bonds is 3. The molecule has 0 aliphatic rings. The van der Waals surface area contributed by atoms with Crippen LogP contribution in [0.4, 0.5) is 16.0 Å². The Balaban J connectivity index is 1.76. The summed E-state index contributed by atoms with van der Waals surface area (Å²) in [6, 6.07) is 13.2. The van der Waals surface area contributed by atoms with Crippen molar-refractivity contribution in [1.82, 2.24) is 4.98 Å². The lowest BCUT2D eigenvalue weighted by Gasteiger charge is -1.91. The Morgan fingerprint density at radius 1 is 1.09 bits per heavy atom. The van der Waals surface area contributed by atoms with Crippen LogP contribution in [0.3, 0.4) is 0 Å². The maximum absolute atomic E-state index is 12.8. The number of carbonyl (C=O) groups excluding carboxylic acids is 1. The second kappa shape index (κ2) is 6.23. The normalized spacial score (nSPS) is 11.7. The van der Waals surface area contributed by atoms with E-state index in [1.807, 2.05) is 24.3 Å². The summed E-state index contributed by atoms with van der Waals surface area (Å²) in [6.07, 6.45) is 2.81. The van der Waals surface area contributed by atoms with Gasteiger partial charge in [-0.05, 0) is 23.8 Å². The second-order valence-corrected chi connectivity index (χ2v) is 4.86. The maximum atomic E-state index is 12.8. The fourth-order valence-corrected chi connectivity index (χ4v) is 2.14. The van der Waals surface area contributed by atoms with Gasteiger partial charge in [-0.25, -0.2) is 4.39 Å². The summed E-state index contributed by atoms with van der Waals surface area (Å²) in [5, 5.41) is 9.16. The van der Waals surface area contributed by atoms with Crippen molar-refractivity contribution in [1.29, 1.82) is 0 Å². The molecule has 3 N–H and O–H groups in total. The fourth-order valence-electron chi connectivity index (χ4n) is 2.14. The third-order valence-electron chi connectivity index (χ3n) is 3.26. The first-order valence-corrected chi connectivity index (χ1v) is 6.89. The quantitative estimate of drug-likeness (QED) is 0.561. The van der Waals surface area contributed by atoms with Crippen molar-refractivity contribution in [2.45, 2.75) is 0 Å². The second-order valence-electron chi connectivity index (χ2n) is 4.86. The minimum atomic E-state index is -0.522. The van der Waals surface area contributed by atoms with Gasteiger partial charge in [0.2, 0.25) is 0 Å². The number of nitrogens with zero attached hydrogens (tertiary/aromatic N) is 2. The number of hydrogen-bond acceptors (Lipinski definition) is 3. The number of H-pyrrole nitrogens is 1. The molecule has 0 spiro atoms. The van der Waals surface area contributed by atoms with Crippen LogP contribution in [-0.2, 0) is 4.79 Å². The molecule has 6 heteroatoms. The van der Waals surface area contributed by atoms with E-state index in [1.54, 1.807) is 18.2 Å². The van der Waals surface area contributed by atoms with E-state index in [-0.39, 0.29) is 5.82 Å². The molecule has 2 aromatic carbocycles. The minimum Gasteiger partial charge on any atom is -0.385 e. The van der Waals surface area contributed by atoms with Crippen molar-refractivity contribution in [3.63, 3.8) is 0 Å². The third-order valence-corrected chi connectivity index (χ3v) is 3.26. The highest BCUT2D eigenvalue weighted by Gasteiger charge is 2.06. The first-order valence-electron chi connectivity index (χ1n) is 6.89. The molecule has 0 saturated carbocycles. The van der Waals surface area contributed by atoms with Crippen molar-refractivity contribution >= 4 is 34.4 Å². The Kier molecular flexibility index (Phi) is 3.97. The van der Waals surface area contributed by atoms with Crippen LogP contribution in [0.1, 0.15) is 5.56 Å². The van der Waals surface area contributed by atoms with Gasteiger partial charge in [-0.2, -0.15) is 0 Å². The molecule has 0 aliphatic heterocycles. The van der Waals surface area contributed by atoms with Crippen LogP contribution in [0.25, 0.3) is 16.8 Å². The number of carbonyl (C=O) groups is 1. The topological polar surface area (TPSA) is 83.6 Å². The lowest BCUT2D eigenvalue weighted by molar-refractivity contribution is -0.113. The van der Waals surface area contributed by atoms with E-state index in [1.165, 1.54) is 18.2 Å². The summed E-state index contributed by atoms with van der Waals surface area (Å²) in [7, 11) is 0. The van der Waals surface area contributed by atoms with Gasteiger partial charge in [-0.1, -0.05) is 36.4 Å². The molecule has 3 aromatic rings. The Bertz CT molecular complexity index is 910. The molecule has 1 amide bonds. The molecule has 0 bridgehead atoms. The summed E-state index contributed by atoms with van der Waals surface area (Å²) in [6.45, 7) is 0. The highest BCUT2D eigenvalue weighted by molar-refractivity contribution is 6.00. The smallest absolute Gasteiger partial charge is 0.288 e. The third kappa shape index (κ3) is 3.32. The lowest BCUT2D eigenvalue weighted by atomic mass is 10.2. The van der Waals surface area contributed by atoms with Crippen molar-refractivity contribution in [3.05, 3.63) is 66.0 Å². The monoisotopic (exact) mass is 308 g/mol. The van der Waals surface area contributed by atoms with Gasteiger partial charge >= 0.3 is 0 Å².